The van der Waals surface area contributed by atoms with Crippen molar-refractivity contribution in [3.63, 3.8) is 0 Å². The van der Waals surface area contributed by atoms with Crippen LogP contribution in [0.15, 0.2) is 5.28 Å². The van der Waals surface area contributed by atoms with Crippen molar-refractivity contribution in [2.24, 2.45) is 5.28 Å². The standard InChI is InChI=1S/C7H16N4O4.Na/c12-6-7(13)5-9-1-3-10(4-2-9)11(15)8-14;/h7,12-14H,1-6H2;/q;+1. The minimum atomic E-state index is -0.748. The SMILES string of the molecule is [Na+].[O-][N+](=NO)N1CCN(CC(O)CO)CC1. The Kier molecular flexibility index (Phi) is 7.98. The van der Waals surface area contributed by atoms with E-state index < -0.39 is 6.10 Å². The molecule has 1 fully saturated rings. The van der Waals surface area contributed by atoms with Crippen LogP contribution in [0.25, 0.3) is 0 Å². The van der Waals surface area contributed by atoms with E-state index in [1.165, 1.54) is 5.01 Å². The van der Waals surface area contributed by atoms with Crippen LogP contribution in [0.5, 0.6) is 0 Å². The van der Waals surface area contributed by atoms with E-state index in [9.17, 15) is 10.3 Å². The van der Waals surface area contributed by atoms with Crippen molar-refractivity contribution in [1.29, 1.82) is 0 Å². The van der Waals surface area contributed by atoms with Crippen LogP contribution in [0.2, 0.25) is 0 Å². The van der Waals surface area contributed by atoms with Crippen LogP contribution < -0.4 is 29.6 Å². The fraction of sp³-hybridized carbons (Fsp3) is 1.00. The Hall–Kier alpha value is -0.120. The van der Waals surface area contributed by atoms with E-state index in [1.807, 2.05) is 4.90 Å². The second-order valence-corrected chi connectivity index (χ2v) is 3.43. The summed E-state index contributed by atoms with van der Waals surface area (Å²) in [7, 11) is 0. The van der Waals surface area contributed by atoms with Crippen LogP contribution in [0.1, 0.15) is 0 Å². The van der Waals surface area contributed by atoms with Gasteiger partial charge in [0.2, 0.25) is 5.28 Å². The van der Waals surface area contributed by atoms with Gasteiger partial charge in [-0.25, -0.2) is 0 Å². The molecule has 0 amide bonds. The van der Waals surface area contributed by atoms with E-state index in [4.69, 9.17) is 10.3 Å². The van der Waals surface area contributed by atoms with Crippen LogP contribution in [0.4, 0.5) is 0 Å². The number of hydrogen-bond acceptors (Lipinski definition) is 5. The van der Waals surface area contributed by atoms with Crippen molar-refractivity contribution >= 4 is 0 Å². The number of nitrogens with zero attached hydrogens (tertiary/aromatic N) is 4. The maximum Gasteiger partial charge on any atom is 1.00 e. The number of β-amino-alcohol motifs (C(OH)–C–C–N with tert-alkyl or cyclic N) is 1. The summed E-state index contributed by atoms with van der Waals surface area (Å²) < 4.78 is 0. The van der Waals surface area contributed by atoms with Gasteiger partial charge in [0.1, 0.15) is 0 Å². The third-order valence-corrected chi connectivity index (χ3v) is 2.35. The summed E-state index contributed by atoms with van der Waals surface area (Å²) in [4.78, 5) is 2.09. The third kappa shape index (κ3) is 4.81. The summed E-state index contributed by atoms with van der Waals surface area (Å²) >= 11 is 0. The maximum atomic E-state index is 10.9. The van der Waals surface area contributed by atoms with Gasteiger partial charge in [0.25, 0.3) is 0 Å². The normalized spacial score (nSPS) is 20.4. The van der Waals surface area contributed by atoms with Crippen molar-refractivity contribution in [3.05, 3.63) is 5.21 Å². The molecule has 0 bridgehead atoms. The van der Waals surface area contributed by atoms with Crippen LogP contribution in [-0.2, 0) is 0 Å². The van der Waals surface area contributed by atoms with Gasteiger partial charge in [-0.1, -0.05) is 0 Å². The molecule has 0 radical (unpaired) electrons. The molecule has 1 aliphatic rings. The first-order valence-electron chi connectivity index (χ1n) is 4.75. The molecular weight excluding hydrogens is 227 g/mol. The van der Waals surface area contributed by atoms with Gasteiger partial charge in [0.05, 0.1) is 30.8 Å². The van der Waals surface area contributed by atoms with Crippen LogP contribution in [0, 0.1) is 5.21 Å². The average molecular weight is 243 g/mol. The van der Waals surface area contributed by atoms with Gasteiger partial charge in [-0.15, -0.1) is 5.01 Å². The fourth-order valence-electron chi connectivity index (χ4n) is 1.50. The van der Waals surface area contributed by atoms with Crippen molar-refractivity contribution in [1.82, 2.24) is 9.91 Å². The predicted molar refractivity (Wildman–Crippen MR) is 48.9 cm³/mol. The van der Waals surface area contributed by atoms with E-state index >= 15 is 0 Å². The molecule has 9 heteroatoms. The molecule has 0 aliphatic carbocycles. The van der Waals surface area contributed by atoms with Crippen LogP contribution in [0.3, 0.4) is 0 Å². The number of aliphatic hydroxyl groups is 2. The molecule has 0 spiro atoms. The Morgan fingerprint density at radius 3 is 2.31 bits per heavy atom. The summed E-state index contributed by atoms with van der Waals surface area (Å²) in [5.74, 6) is 0. The number of aliphatic hydroxyl groups excluding tert-OH is 2. The Balaban J connectivity index is 0.00000225. The smallest absolute Gasteiger partial charge is 0.569 e. The maximum absolute atomic E-state index is 10.9. The van der Waals surface area contributed by atoms with Gasteiger partial charge >= 0.3 is 29.6 Å². The summed E-state index contributed by atoms with van der Waals surface area (Å²) in [5, 5.41) is 40.8. The zero-order valence-electron chi connectivity index (χ0n) is 9.36. The Labute approximate surface area is 116 Å². The van der Waals surface area contributed by atoms with Gasteiger partial charge in [-0.05, 0) is 0 Å². The Morgan fingerprint density at radius 1 is 1.31 bits per heavy atom. The number of piperazine rings is 1. The van der Waals surface area contributed by atoms with Gasteiger partial charge in [-0.3, -0.25) is 4.90 Å². The summed E-state index contributed by atoms with van der Waals surface area (Å²) in [6, 6.07) is 0. The first-order valence-corrected chi connectivity index (χ1v) is 4.75. The van der Waals surface area contributed by atoms with Crippen molar-refractivity contribution in [3.8, 4) is 0 Å². The van der Waals surface area contributed by atoms with Gasteiger partial charge in [-0.2, -0.15) is 0 Å². The van der Waals surface area contributed by atoms with Crippen LogP contribution in [-0.4, -0.2) is 75.7 Å². The molecule has 0 aromatic carbocycles. The summed E-state index contributed by atoms with van der Waals surface area (Å²) in [5.41, 5.74) is 0. The number of rotatable bonds is 4. The molecule has 0 aromatic rings. The molecular formula is C7H16N4NaO4+. The second-order valence-electron chi connectivity index (χ2n) is 3.43. The van der Waals surface area contributed by atoms with Gasteiger partial charge in [0.15, 0.2) is 0 Å². The quantitative estimate of drug-likeness (QED) is 0.198. The fourth-order valence-corrected chi connectivity index (χ4v) is 1.50. The zero-order chi connectivity index (χ0) is 11.3. The number of hydrogen-bond donors (Lipinski definition) is 3. The molecule has 8 nitrogen and oxygen atoms in total. The minimum absolute atomic E-state index is 0. The molecule has 16 heavy (non-hydrogen) atoms. The second kappa shape index (κ2) is 8.04. The molecule has 1 atom stereocenters. The monoisotopic (exact) mass is 243 g/mol. The molecule has 1 heterocycles. The van der Waals surface area contributed by atoms with E-state index in [2.05, 4.69) is 5.28 Å². The predicted octanol–water partition coefficient (Wildman–Crippen LogP) is -4.77. The van der Waals surface area contributed by atoms with Gasteiger partial charge < -0.3 is 20.6 Å². The molecule has 1 unspecified atom stereocenters. The van der Waals surface area contributed by atoms with Crippen LogP contribution >= 0.6 is 0 Å². The van der Waals surface area contributed by atoms with E-state index in [1.54, 1.807) is 0 Å². The first kappa shape index (κ1) is 15.9. The number of hydrazine groups is 1. The van der Waals surface area contributed by atoms with E-state index in [0.717, 1.165) is 0 Å². The first-order chi connectivity index (χ1) is 7.17. The molecule has 3 N–H and O–H groups in total. The molecule has 1 saturated heterocycles. The summed E-state index contributed by atoms with van der Waals surface area (Å²) in [6.07, 6.45) is -0.748. The zero-order valence-corrected chi connectivity index (χ0v) is 11.4. The van der Waals surface area contributed by atoms with Crippen molar-refractivity contribution in [2.75, 3.05) is 39.3 Å². The van der Waals surface area contributed by atoms with E-state index in [-0.39, 0.29) is 41.1 Å². The van der Waals surface area contributed by atoms with E-state index in [0.29, 0.717) is 32.7 Å². The summed E-state index contributed by atoms with van der Waals surface area (Å²) in [6.45, 7) is 2.17. The molecule has 1 aliphatic heterocycles. The van der Waals surface area contributed by atoms with Gasteiger partial charge in [0, 0.05) is 19.6 Å². The average Bonchev–Trinajstić information content (AvgIpc) is 2.29. The topological polar surface area (TPSA) is 106 Å². The third-order valence-electron chi connectivity index (χ3n) is 2.35. The molecule has 1 rings (SSSR count). The molecule has 0 saturated carbocycles. The van der Waals surface area contributed by atoms with Crippen molar-refractivity contribution < 1.29 is 49.9 Å². The minimum Gasteiger partial charge on any atom is -0.569 e. The molecule has 0 aromatic heterocycles. The van der Waals surface area contributed by atoms with Crippen molar-refractivity contribution in [2.45, 2.75) is 6.10 Å². The molecule has 88 valence electrons. The Morgan fingerprint density at radius 2 is 1.88 bits per heavy atom. The Bertz CT molecular complexity index is 222. The largest absolute Gasteiger partial charge is 1.00 e.